The van der Waals surface area contributed by atoms with Gasteiger partial charge in [-0.05, 0) is 24.8 Å². The number of hydrogen-bond donors (Lipinski definition) is 1. The summed E-state index contributed by atoms with van der Waals surface area (Å²) in [5.41, 5.74) is 7.40. The molecule has 1 heterocycles. The predicted octanol–water partition coefficient (Wildman–Crippen LogP) is 2.44. The highest BCUT2D eigenvalue weighted by Crippen LogP contribution is 2.16. The number of nitrogens with two attached hydrogens (primary N) is 1. The summed E-state index contributed by atoms with van der Waals surface area (Å²) in [7, 11) is 0. The van der Waals surface area contributed by atoms with E-state index >= 15 is 0 Å². The molecule has 0 aliphatic carbocycles. The molecule has 1 rings (SSSR count). The third kappa shape index (κ3) is 3.51. The average molecular weight is 270 g/mol. The molecule has 2 N–H and O–H groups in total. The molecule has 17 heavy (non-hydrogen) atoms. The second-order valence-electron chi connectivity index (χ2n) is 4.12. The molecule has 1 aromatic heterocycles. The lowest BCUT2D eigenvalue weighted by molar-refractivity contribution is 0.0755. The first-order valence-corrected chi connectivity index (χ1v) is 6.93. The van der Waals surface area contributed by atoms with Crippen LogP contribution in [-0.4, -0.2) is 28.9 Å². The van der Waals surface area contributed by atoms with Gasteiger partial charge in [0.05, 0.1) is 10.6 Å². The van der Waals surface area contributed by atoms with Crippen LogP contribution in [0.2, 0.25) is 0 Å². The van der Waals surface area contributed by atoms with Crippen LogP contribution < -0.4 is 5.73 Å². The highest BCUT2D eigenvalue weighted by atomic mass is 32.1. The Bertz CT molecular complexity index is 414. The summed E-state index contributed by atoms with van der Waals surface area (Å²) in [5.74, 6) is 0.113. The first-order chi connectivity index (χ1) is 7.97. The van der Waals surface area contributed by atoms with Gasteiger partial charge in [-0.1, -0.05) is 19.1 Å². The van der Waals surface area contributed by atoms with Gasteiger partial charge in [0, 0.05) is 24.4 Å². The summed E-state index contributed by atoms with van der Waals surface area (Å²) in [4.78, 5) is 14.5. The number of aryl methyl sites for hydroxylation is 1. The van der Waals surface area contributed by atoms with E-state index in [-0.39, 0.29) is 11.8 Å². The van der Waals surface area contributed by atoms with Crippen molar-refractivity contribution in [3.05, 3.63) is 21.9 Å². The summed E-state index contributed by atoms with van der Waals surface area (Å²) in [6.45, 7) is 7.11. The van der Waals surface area contributed by atoms with Gasteiger partial charge in [-0.15, -0.1) is 0 Å². The Hall–Kier alpha value is -0.940. The van der Waals surface area contributed by atoms with Crippen LogP contribution in [0.5, 0.6) is 0 Å². The van der Waals surface area contributed by atoms with Crippen molar-refractivity contribution in [2.24, 2.45) is 11.7 Å². The van der Waals surface area contributed by atoms with Crippen molar-refractivity contribution >= 4 is 34.5 Å². The van der Waals surface area contributed by atoms with E-state index in [4.69, 9.17) is 18.0 Å². The number of amides is 1. The van der Waals surface area contributed by atoms with E-state index in [0.29, 0.717) is 18.1 Å². The summed E-state index contributed by atoms with van der Waals surface area (Å²) >= 11 is 6.49. The van der Waals surface area contributed by atoms with Gasteiger partial charge in [-0.25, -0.2) is 0 Å². The van der Waals surface area contributed by atoms with Crippen LogP contribution in [0.4, 0.5) is 0 Å². The van der Waals surface area contributed by atoms with Crippen molar-refractivity contribution in [3.63, 3.8) is 0 Å². The minimum atomic E-state index is 0.0489. The van der Waals surface area contributed by atoms with Gasteiger partial charge in [0.25, 0.3) is 5.91 Å². The standard InChI is InChI=1S/C12H18N2OS2/c1-4-14(5-8(2)11(13)16)12(15)10-7-17-6-9(10)3/h6-8H,4-5H2,1-3H3,(H2,13,16). The average Bonchev–Trinajstić information content (AvgIpc) is 2.70. The van der Waals surface area contributed by atoms with E-state index in [0.717, 1.165) is 11.1 Å². The van der Waals surface area contributed by atoms with E-state index in [9.17, 15) is 4.79 Å². The van der Waals surface area contributed by atoms with E-state index < -0.39 is 0 Å². The molecule has 1 unspecified atom stereocenters. The third-order valence-electron chi connectivity index (χ3n) is 2.73. The van der Waals surface area contributed by atoms with Crippen LogP contribution in [0.25, 0.3) is 0 Å². The first kappa shape index (κ1) is 14.1. The van der Waals surface area contributed by atoms with Crippen LogP contribution in [0.1, 0.15) is 29.8 Å². The number of carbonyl (C=O) groups excluding carboxylic acids is 1. The Morgan fingerprint density at radius 1 is 1.59 bits per heavy atom. The summed E-state index contributed by atoms with van der Waals surface area (Å²) in [6.07, 6.45) is 0. The van der Waals surface area contributed by atoms with Gasteiger partial charge < -0.3 is 10.6 Å². The van der Waals surface area contributed by atoms with Crippen LogP contribution in [0, 0.1) is 12.8 Å². The number of carbonyl (C=O) groups is 1. The van der Waals surface area contributed by atoms with Gasteiger partial charge in [0.15, 0.2) is 0 Å². The number of nitrogens with zero attached hydrogens (tertiary/aromatic N) is 1. The molecule has 1 atom stereocenters. The highest BCUT2D eigenvalue weighted by molar-refractivity contribution is 7.80. The molecule has 1 amide bonds. The maximum Gasteiger partial charge on any atom is 0.254 e. The van der Waals surface area contributed by atoms with Crippen LogP contribution in [0.15, 0.2) is 10.8 Å². The van der Waals surface area contributed by atoms with Crippen molar-refractivity contribution in [3.8, 4) is 0 Å². The molecule has 1 aromatic rings. The first-order valence-electron chi connectivity index (χ1n) is 5.58. The van der Waals surface area contributed by atoms with E-state index in [1.807, 2.05) is 31.5 Å². The fraction of sp³-hybridized carbons (Fsp3) is 0.500. The number of thiophene rings is 1. The molecule has 0 saturated carbocycles. The zero-order chi connectivity index (χ0) is 13.0. The molecular weight excluding hydrogens is 252 g/mol. The Kier molecular flexibility index (Phi) is 5.08. The molecule has 0 saturated heterocycles. The lowest BCUT2D eigenvalue weighted by Gasteiger charge is -2.24. The molecule has 0 radical (unpaired) electrons. The fourth-order valence-corrected chi connectivity index (χ4v) is 2.42. The molecule has 0 fully saturated rings. The van der Waals surface area contributed by atoms with Crippen molar-refractivity contribution in [2.45, 2.75) is 20.8 Å². The quantitative estimate of drug-likeness (QED) is 0.836. The van der Waals surface area contributed by atoms with Crippen LogP contribution >= 0.6 is 23.6 Å². The van der Waals surface area contributed by atoms with Gasteiger partial charge in [0.1, 0.15) is 0 Å². The van der Waals surface area contributed by atoms with E-state index in [2.05, 4.69) is 0 Å². The van der Waals surface area contributed by atoms with Crippen molar-refractivity contribution in [2.75, 3.05) is 13.1 Å². The SMILES string of the molecule is CCN(CC(C)C(N)=S)C(=O)c1cscc1C. The second kappa shape index (κ2) is 6.12. The molecule has 5 heteroatoms. The molecule has 0 aromatic carbocycles. The highest BCUT2D eigenvalue weighted by Gasteiger charge is 2.19. The predicted molar refractivity (Wildman–Crippen MR) is 76.6 cm³/mol. The molecular formula is C12H18N2OS2. The lowest BCUT2D eigenvalue weighted by atomic mass is 10.1. The monoisotopic (exact) mass is 270 g/mol. The van der Waals surface area contributed by atoms with E-state index in [1.54, 1.807) is 16.2 Å². The fourth-order valence-electron chi connectivity index (χ4n) is 1.53. The molecule has 0 aliphatic heterocycles. The molecule has 0 aliphatic rings. The van der Waals surface area contributed by atoms with Crippen molar-refractivity contribution in [1.29, 1.82) is 0 Å². The Morgan fingerprint density at radius 3 is 2.65 bits per heavy atom. The topological polar surface area (TPSA) is 46.3 Å². The van der Waals surface area contributed by atoms with Gasteiger partial charge in [-0.3, -0.25) is 4.79 Å². The molecule has 0 bridgehead atoms. The second-order valence-corrected chi connectivity index (χ2v) is 5.33. The van der Waals surface area contributed by atoms with Crippen molar-refractivity contribution < 1.29 is 4.79 Å². The Labute approximate surface area is 112 Å². The molecule has 0 spiro atoms. The normalized spacial score (nSPS) is 12.2. The van der Waals surface area contributed by atoms with Crippen LogP contribution in [-0.2, 0) is 0 Å². The third-order valence-corrected chi connectivity index (χ3v) is 4.00. The van der Waals surface area contributed by atoms with Crippen molar-refractivity contribution in [1.82, 2.24) is 4.90 Å². The summed E-state index contributed by atoms with van der Waals surface area (Å²) < 4.78 is 0. The molecule has 94 valence electrons. The number of thiocarbonyl (C=S) groups is 1. The number of rotatable bonds is 5. The van der Waals surface area contributed by atoms with Gasteiger partial charge in [0.2, 0.25) is 0 Å². The summed E-state index contributed by atoms with van der Waals surface area (Å²) in [6, 6.07) is 0. The van der Waals surface area contributed by atoms with Gasteiger partial charge in [-0.2, -0.15) is 11.3 Å². The minimum Gasteiger partial charge on any atom is -0.393 e. The summed E-state index contributed by atoms with van der Waals surface area (Å²) in [5, 5.41) is 3.88. The Balaban J connectivity index is 2.78. The largest absolute Gasteiger partial charge is 0.393 e. The zero-order valence-corrected chi connectivity index (χ0v) is 12.0. The molecule has 3 nitrogen and oxygen atoms in total. The zero-order valence-electron chi connectivity index (χ0n) is 10.4. The minimum absolute atomic E-state index is 0.0489. The van der Waals surface area contributed by atoms with E-state index in [1.165, 1.54) is 0 Å². The lowest BCUT2D eigenvalue weighted by Crippen LogP contribution is -2.38. The van der Waals surface area contributed by atoms with Gasteiger partial charge >= 0.3 is 0 Å². The maximum atomic E-state index is 12.3. The maximum absolute atomic E-state index is 12.3. The Morgan fingerprint density at radius 2 is 2.24 bits per heavy atom. The number of hydrogen-bond acceptors (Lipinski definition) is 3. The van der Waals surface area contributed by atoms with Crippen LogP contribution in [0.3, 0.4) is 0 Å². The smallest absolute Gasteiger partial charge is 0.254 e.